The SMILES string of the molecule is CNC[C@@H](C)CNC(=O)c1cc(C)on1. The van der Waals surface area contributed by atoms with Crippen LogP contribution in [0.5, 0.6) is 0 Å². The highest BCUT2D eigenvalue weighted by Gasteiger charge is 2.11. The van der Waals surface area contributed by atoms with Gasteiger partial charge in [0, 0.05) is 12.6 Å². The normalized spacial score (nSPS) is 12.5. The molecule has 0 aliphatic heterocycles. The molecule has 1 heterocycles. The van der Waals surface area contributed by atoms with Crippen LogP contribution in [-0.2, 0) is 0 Å². The molecule has 1 amide bonds. The summed E-state index contributed by atoms with van der Waals surface area (Å²) in [5.74, 6) is 0.852. The molecule has 0 aromatic carbocycles. The van der Waals surface area contributed by atoms with Crippen LogP contribution < -0.4 is 10.6 Å². The Morgan fingerprint density at radius 2 is 2.33 bits per heavy atom. The summed E-state index contributed by atoms with van der Waals surface area (Å²) in [7, 11) is 1.89. The second-order valence-electron chi connectivity index (χ2n) is 3.70. The minimum atomic E-state index is -0.185. The molecule has 0 aliphatic carbocycles. The van der Waals surface area contributed by atoms with Crippen molar-refractivity contribution >= 4 is 5.91 Å². The molecule has 0 bridgehead atoms. The van der Waals surface area contributed by atoms with E-state index in [1.165, 1.54) is 0 Å². The fourth-order valence-electron chi connectivity index (χ4n) is 1.25. The zero-order valence-electron chi connectivity index (χ0n) is 9.33. The van der Waals surface area contributed by atoms with Crippen LogP contribution in [0, 0.1) is 12.8 Å². The summed E-state index contributed by atoms with van der Waals surface area (Å²) in [6.07, 6.45) is 0. The highest BCUT2D eigenvalue weighted by atomic mass is 16.5. The Kier molecular flexibility index (Phi) is 4.30. The van der Waals surface area contributed by atoms with Crippen molar-refractivity contribution in [2.24, 2.45) is 5.92 Å². The summed E-state index contributed by atoms with van der Waals surface area (Å²) < 4.78 is 4.82. The highest BCUT2D eigenvalue weighted by molar-refractivity contribution is 5.92. The maximum Gasteiger partial charge on any atom is 0.273 e. The van der Waals surface area contributed by atoms with Crippen molar-refractivity contribution in [3.8, 4) is 0 Å². The van der Waals surface area contributed by atoms with E-state index in [4.69, 9.17) is 4.52 Å². The second kappa shape index (κ2) is 5.50. The second-order valence-corrected chi connectivity index (χ2v) is 3.70. The molecule has 0 unspecified atom stereocenters. The molecule has 0 radical (unpaired) electrons. The standard InChI is InChI=1S/C10H17N3O2/c1-7(5-11-3)6-12-10(14)9-4-8(2)15-13-9/h4,7,11H,5-6H2,1-3H3,(H,12,14)/t7-/m1/s1. The van der Waals surface area contributed by atoms with Crippen LogP contribution >= 0.6 is 0 Å². The van der Waals surface area contributed by atoms with Gasteiger partial charge in [-0.05, 0) is 26.4 Å². The molecule has 1 rings (SSSR count). The summed E-state index contributed by atoms with van der Waals surface area (Å²) in [4.78, 5) is 11.5. The van der Waals surface area contributed by atoms with E-state index < -0.39 is 0 Å². The number of nitrogens with one attached hydrogen (secondary N) is 2. The maximum absolute atomic E-state index is 11.5. The van der Waals surface area contributed by atoms with Crippen molar-refractivity contribution < 1.29 is 9.32 Å². The molecule has 0 saturated heterocycles. The first-order valence-electron chi connectivity index (χ1n) is 4.99. The van der Waals surface area contributed by atoms with Crippen molar-refractivity contribution in [3.63, 3.8) is 0 Å². The average Bonchev–Trinajstić information content (AvgIpc) is 2.62. The lowest BCUT2D eigenvalue weighted by atomic mass is 10.2. The first-order chi connectivity index (χ1) is 7.13. The van der Waals surface area contributed by atoms with Gasteiger partial charge in [-0.15, -0.1) is 0 Å². The number of amides is 1. The number of carbonyl (C=O) groups excluding carboxylic acids is 1. The van der Waals surface area contributed by atoms with Gasteiger partial charge in [0.2, 0.25) is 0 Å². The van der Waals surface area contributed by atoms with Gasteiger partial charge in [-0.1, -0.05) is 12.1 Å². The molecule has 1 atom stereocenters. The number of aromatic nitrogens is 1. The molecule has 1 aromatic heterocycles. The lowest BCUT2D eigenvalue weighted by Gasteiger charge is -2.10. The largest absolute Gasteiger partial charge is 0.361 e. The summed E-state index contributed by atoms with van der Waals surface area (Å²) >= 11 is 0. The Morgan fingerprint density at radius 1 is 1.60 bits per heavy atom. The Labute approximate surface area is 89.2 Å². The summed E-state index contributed by atoms with van der Waals surface area (Å²) in [6, 6.07) is 1.62. The molecule has 5 nitrogen and oxygen atoms in total. The summed E-state index contributed by atoms with van der Waals surface area (Å²) in [5, 5.41) is 9.48. The van der Waals surface area contributed by atoms with Gasteiger partial charge in [-0.25, -0.2) is 0 Å². The Balaban J connectivity index is 2.36. The van der Waals surface area contributed by atoms with Crippen LogP contribution in [-0.4, -0.2) is 31.2 Å². The number of hydrogen-bond donors (Lipinski definition) is 2. The molecule has 2 N–H and O–H groups in total. The van der Waals surface area contributed by atoms with Crippen molar-refractivity contribution in [3.05, 3.63) is 17.5 Å². The van der Waals surface area contributed by atoms with Crippen molar-refractivity contribution in [1.29, 1.82) is 0 Å². The molecular weight excluding hydrogens is 194 g/mol. The molecule has 0 saturated carbocycles. The van der Waals surface area contributed by atoms with E-state index in [1.54, 1.807) is 13.0 Å². The Morgan fingerprint density at radius 3 is 2.87 bits per heavy atom. The van der Waals surface area contributed by atoms with Gasteiger partial charge in [-0.2, -0.15) is 0 Å². The molecule has 0 spiro atoms. The summed E-state index contributed by atoms with van der Waals surface area (Å²) in [5.41, 5.74) is 0.337. The van der Waals surface area contributed by atoms with E-state index in [9.17, 15) is 4.79 Å². The number of nitrogens with zero attached hydrogens (tertiary/aromatic N) is 1. The third-order valence-electron chi connectivity index (χ3n) is 2.02. The van der Waals surface area contributed by atoms with Gasteiger partial charge in [0.1, 0.15) is 5.76 Å². The first-order valence-corrected chi connectivity index (χ1v) is 4.99. The molecular formula is C10H17N3O2. The van der Waals surface area contributed by atoms with Gasteiger partial charge in [0.25, 0.3) is 5.91 Å². The smallest absolute Gasteiger partial charge is 0.273 e. The fraction of sp³-hybridized carbons (Fsp3) is 0.600. The zero-order valence-corrected chi connectivity index (χ0v) is 9.33. The number of hydrogen-bond acceptors (Lipinski definition) is 4. The van der Waals surface area contributed by atoms with Crippen LogP contribution in [0.15, 0.2) is 10.6 Å². The van der Waals surface area contributed by atoms with Crippen molar-refractivity contribution in [1.82, 2.24) is 15.8 Å². The number of carbonyl (C=O) groups is 1. The van der Waals surface area contributed by atoms with Crippen LogP contribution in [0.3, 0.4) is 0 Å². The van der Waals surface area contributed by atoms with Crippen molar-refractivity contribution in [2.75, 3.05) is 20.1 Å². The molecule has 15 heavy (non-hydrogen) atoms. The van der Waals surface area contributed by atoms with Gasteiger partial charge in [0.05, 0.1) is 0 Å². The number of aryl methyl sites for hydroxylation is 1. The van der Waals surface area contributed by atoms with Crippen molar-refractivity contribution in [2.45, 2.75) is 13.8 Å². The van der Waals surface area contributed by atoms with Gasteiger partial charge >= 0.3 is 0 Å². The molecule has 0 fully saturated rings. The summed E-state index contributed by atoms with van der Waals surface area (Å²) in [6.45, 7) is 5.32. The quantitative estimate of drug-likeness (QED) is 0.747. The predicted octanol–water partition coefficient (Wildman–Crippen LogP) is 0.568. The van der Waals surface area contributed by atoms with E-state index in [0.717, 1.165) is 6.54 Å². The van der Waals surface area contributed by atoms with E-state index in [1.807, 2.05) is 7.05 Å². The minimum Gasteiger partial charge on any atom is -0.361 e. The Bertz CT molecular complexity index is 322. The third-order valence-corrected chi connectivity index (χ3v) is 2.02. The third kappa shape index (κ3) is 3.71. The number of rotatable bonds is 5. The van der Waals surface area contributed by atoms with Gasteiger partial charge < -0.3 is 15.2 Å². The first kappa shape index (κ1) is 11.7. The highest BCUT2D eigenvalue weighted by Crippen LogP contribution is 2.01. The Hall–Kier alpha value is -1.36. The van der Waals surface area contributed by atoms with Gasteiger partial charge in [0.15, 0.2) is 5.69 Å². The van der Waals surface area contributed by atoms with E-state index in [2.05, 4.69) is 22.7 Å². The van der Waals surface area contributed by atoms with Gasteiger partial charge in [-0.3, -0.25) is 4.79 Å². The topological polar surface area (TPSA) is 67.2 Å². The molecule has 1 aromatic rings. The lowest BCUT2D eigenvalue weighted by Crippen LogP contribution is -2.32. The zero-order chi connectivity index (χ0) is 11.3. The molecule has 84 valence electrons. The van der Waals surface area contributed by atoms with E-state index in [-0.39, 0.29) is 5.91 Å². The minimum absolute atomic E-state index is 0.185. The van der Waals surface area contributed by atoms with Crippen LogP contribution in [0.2, 0.25) is 0 Å². The van der Waals surface area contributed by atoms with Crippen LogP contribution in [0.1, 0.15) is 23.2 Å². The van der Waals surface area contributed by atoms with Crippen LogP contribution in [0.4, 0.5) is 0 Å². The molecule has 0 aliphatic rings. The lowest BCUT2D eigenvalue weighted by molar-refractivity contribution is 0.0939. The monoisotopic (exact) mass is 211 g/mol. The fourth-order valence-corrected chi connectivity index (χ4v) is 1.25. The van der Waals surface area contributed by atoms with E-state index in [0.29, 0.717) is 23.9 Å². The van der Waals surface area contributed by atoms with E-state index >= 15 is 0 Å². The maximum atomic E-state index is 11.5. The average molecular weight is 211 g/mol. The molecule has 5 heteroatoms. The predicted molar refractivity (Wildman–Crippen MR) is 56.7 cm³/mol. The van der Waals surface area contributed by atoms with Crippen LogP contribution in [0.25, 0.3) is 0 Å².